The van der Waals surface area contributed by atoms with Gasteiger partial charge in [0.25, 0.3) is 11.5 Å². The zero-order chi connectivity index (χ0) is 20.6. The van der Waals surface area contributed by atoms with Crippen molar-refractivity contribution in [2.75, 3.05) is 12.3 Å². The van der Waals surface area contributed by atoms with Crippen molar-refractivity contribution in [2.45, 2.75) is 77.9 Å². The Morgan fingerprint density at radius 2 is 1.96 bits per heavy atom. The third-order valence-electron chi connectivity index (χ3n) is 4.63. The lowest BCUT2D eigenvalue weighted by Crippen LogP contribution is -2.49. The highest BCUT2D eigenvalue weighted by molar-refractivity contribution is 5.67. The van der Waals surface area contributed by atoms with Crippen LogP contribution in [-0.4, -0.2) is 56.8 Å². The van der Waals surface area contributed by atoms with Crippen molar-refractivity contribution in [3.63, 3.8) is 0 Å². The van der Waals surface area contributed by atoms with E-state index in [9.17, 15) is 9.90 Å². The lowest BCUT2D eigenvalue weighted by molar-refractivity contribution is -0.746. The molecular formula is C18H30N5O5+. The van der Waals surface area contributed by atoms with E-state index in [0.29, 0.717) is 17.7 Å². The van der Waals surface area contributed by atoms with Gasteiger partial charge in [-0.25, -0.2) is 4.57 Å². The Morgan fingerprint density at radius 3 is 2.54 bits per heavy atom. The van der Waals surface area contributed by atoms with Gasteiger partial charge in [0, 0.05) is 0 Å². The summed E-state index contributed by atoms with van der Waals surface area (Å²) in [4.78, 5) is 19.3. The second-order valence-electron chi connectivity index (χ2n) is 7.48. The number of nitrogens with two attached hydrogens (primary N) is 1. The number of aromatic amines is 1. The highest BCUT2D eigenvalue weighted by Crippen LogP contribution is 2.32. The Balaban J connectivity index is 2.13. The van der Waals surface area contributed by atoms with E-state index < -0.39 is 24.5 Å². The summed E-state index contributed by atoms with van der Waals surface area (Å²) >= 11 is 0. The van der Waals surface area contributed by atoms with Gasteiger partial charge in [0.1, 0.15) is 18.3 Å². The molecule has 1 aliphatic rings. The number of nitrogens with one attached hydrogen (secondary N) is 1. The fraction of sp³-hybridized carbons (Fsp3) is 0.722. The summed E-state index contributed by atoms with van der Waals surface area (Å²) in [6.07, 6.45) is -0.561. The van der Waals surface area contributed by atoms with Crippen LogP contribution in [0.5, 0.6) is 0 Å². The van der Waals surface area contributed by atoms with Crippen LogP contribution in [0.3, 0.4) is 0 Å². The molecule has 0 saturated carbocycles. The van der Waals surface area contributed by atoms with Gasteiger partial charge in [0.05, 0.1) is 25.4 Å². The molecule has 10 nitrogen and oxygen atoms in total. The number of hydrogen-bond donors (Lipinski definition) is 3. The lowest BCUT2D eigenvalue weighted by atomic mass is 10.1. The summed E-state index contributed by atoms with van der Waals surface area (Å²) in [7, 11) is 0. The Morgan fingerprint density at radius 1 is 1.32 bits per heavy atom. The standard InChI is InChI=1S/C18H29N5O5/c1-6-22-8-23(15-12(22)16(25)21-18(19)20-15)17-14(27-10(4)5)13(26-9(2)3)11(7-24)28-17/h8-11,13-14,17,24H,6-7H2,1-5H3,(H2-,19,20,21,25)/p+1/t11-,13-,14-,17-/m1/s1. The molecule has 0 amide bonds. The third kappa shape index (κ3) is 3.77. The minimum absolute atomic E-state index is 0.0214. The van der Waals surface area contributed by atoms with Crippen LogP contribution < -0.4 is 15.9 Å². The molecule has 3 rings (SSSR count). The molecular weight excluding hydrogens is 366 g/mol. The van der Waals surface area contributed by atoms with Gasteiger partial charge in [0.15, 0.2) is 6.33 Å². The molecule has 0 radical (unpaired) electrons. The van der Waals surface area contributed by atoms with Crippen molar-refractivity contribution < 1.29 is 23.9 Å². The highest BCUT2D eigenvalue weighted by atomic mass is 16.6. The van der Waals surface area contributed by atoms with Crippen LogP contribution in [0, 0.1) is 0 Å². The minimum atomic E-state index is -0.632. The predicted molar refractivity (Wildman–Crippen MR) is 102 cm³/mol. The van der Waals surface area contributed by atoms with Crippen molar-refractivity contribution in [3.05, 3.63) is 16.7 Å². The monoisotopic (exact) mass is 396 g/mol. The van der Waals surface area contributed by atoms with Gasteiger partial charge in [-0.15, -0.1) is 0 Å². The number of fused-ring (bicyclic) bond motifs is 1. The maximum atomic E-state index is 12.5. The molecule has 4 N–H and O–H groups in total. The summed E-state index contributed by atoms with van der Waals surface area (Å²) in [6.45, 7) is 9.98. The van der Waals surface area contributed by atoms with Crippen LogP contribution in [0.4, 0.5) is 5.95 Å². The summed E-state index contributed by atoms with van der Waals surface area (Å²) in [5, 5.41) is 9.85. The normalized spacial score (nSPS) is 25.4. The van der Waals surface area contributed by atoms with Gasteiger partial charge in [-0.3, -0.25) is 14.3 Å². The second-order valence-corrected chi connectivity index (χ2v) is 7.48. The fourth-order valence-electron chi connectivity index (χ4n) is 3.62. The maximum Gasteiger partial charge on any atom is 0.313 e. The Labute approximate surface area is 163 Å². The molecule has 28 heavy (non-hydrogen) atoms. The van der Waals surface area contributed by atoms with Gasteiger partial charge < -0.3 is 25.1 Å². The van der Waals surface area contributed by atoms with Gasteiger partial charge in [-0.2, -0.15) is 0 Å². The molecule has 1 fully saturated rings. The topological polar surface area (TPSA) is 128 Å². The maximum absolute atomic E-state index is 12.5. The molecule has 3 heterocycles. The van der Waals surface area contributed by atoms with Crippen LogP contribution in [0.2, 0.25) is 0 Å². The van der Waals surface area contributed by atoms with Crippen LogP contribution in [0.25, 0.3) is 11.2 Å². The molecule has 0 aliphatic carbocycles. The first-order valence-electron chi connectivity index (χ1n) is 9.63. The smallest absolute Gasteiger partial charge is 0.313 e. The number of ether oxygens (including phenoxy) is 3. The van der Waals surface area contributed by atoms with Crippen molar-refractivity contribution in [2.24, 2.45) is 0 Å². The highest BCUT2D eigenvalue weighted by Gasteiger charge is 2.50. The van der Waals surface area contributed by atoms with Crippen LogP contribution >= 0.6 is 0 Å². The molecule has 0 unspecified atom stereocenters. The number of nitrogens with zero attached hydrogens (tertiary/aromatic N) is 3. The van der Waals surface area contributed by atoms with E-state index >= 15 is 0 Å². The van der Waals surface area contributed by atoms with E-state index in [1.165, 1.54) is 0 Å². The van der Waals surface area contributed by atoms with Crippen molar-refractivity contribution in [3.8, 4) is 0 Å². The van der Waals surface area contributed by atoms with Crippen molar-refractivity contribution in [1.82, 2.24) is 14.5 Å². The Kier molecular flexibility index (Phi) is 6.04. The van der Waals surface area contributed by atoms with Crippen LogP contribution in [-0.2, 0) is 20.8 Å². The zero-order valence-corrected chi connectivity index (χ0v) is 17.0. The molecule has 1 saturated heterocycles. The number of aromatic nitrogens is 4. The number of imidazole rings is 1. The summed E-state index contributed by atoms with van der Waals surface area (Å²) in [6, 6.07) is 0. The van der Waals surface area contributed by atoms with Crippen LogP contribution in [0.1, 0.15) is 40.8 Å². The number of rotatable bonds is 7. The average molecular weight is 396 g/mol. The first-order valence-corrected chi connectivity index (χ1v) is 9.63. The van der Waals surface area contributed by atoms with E-state index in [4.69, 9.17) is 19.9 Å². The SMILES string of the molecule is CCn1c[n+]([C@@H]2O[C@H](CO)[C@@H](OC(C)C)[C@H]2OC(C)C)c2nc(N)[nH]c(=O)c21. The largest absolute Gasteiger partial charge is 0.394 e. The van der Waals surface area contributed by atoms with Gasteiger partial charge in [-0.05, 0) is 34.6 Å². The average Bonchev–Trinajstić information content (AvgIpc) is 3.12. The molecule has 2 aromatic rings. The Bertz CT molecular complexity index is 877. The zero-order valence-electron chi connectivity index (χ0n) is 17.0. The van der Waals surface area contributed by atoms with E-state index in [-0.39, 0.29) is 30.3 Å². The number of hydrogen-bond acceptors (Lipinski definition) is 7. The number of aliphatic hydroxyl groups is 1. The van der Waals surface area contributed by atoms with Gasteiger partial charge in [-0.1, -0.05) is 4.98 Å². The molecule has 0 aromatic carbocycles. The van der Waals surface area contributed by atoms with Crippen molar-refractivity contribution in [1.29, 1.82) is 0 Å². The lowest BCUT2D eigenvalue weighted by Gasteiger charge is -2.26. The van der Waals surface area contributed by atoms with E-state index in [1.54, 1.807) is 15.5 Å². The van der Waals surface area contributed by atoms with Gasteiger partial charge >= 0.3 is 5.65 Å². The molecule has 2 aromatic heterocycles. The van der Waals surface area contributed by atoms with Crippen LogP contribution in [0.15, 0.2) is 11.1 Å². The quantitative estimate of drug-likeness (QED) is 0.566. The third-order valence-corrected chi connectivity index (χ3v) is 4.63. The molecule has 10 heteroatoms. The number of anilines is 1. The first kappa shape index (κ1) is 20.7. The molecule has 0 bridgehead atoms. The van der Waals surface area contributed by atoms with E-state index in [0.717, 1.165) is 0 Å². The first-order chi connectivity index (χ1) is 13.3. The molecule has 4 atom stereocenters. The number of aryl methyl sites for hydroxylation is 1. The second kappa shape index (κ2) is 8.16. The fourth-order valence-corrected chi connectivity index (χ4v) is 3.62. The number of aliphatic hydroxyl groups excluding tert-OH is 1. The van der Waals surface area contributed by atoms with E-state index in [1.807, 2.05) is 34.6 Å². The van der Waals surface area contributed by atoms with Gasteiger partial charge in [0.2, 0.25) is 11.7 Å². The summed E-state index contributed by atoms with van der Waals surface area (Å²) in [5.74, 6) is 0.0214. The molecule has 1 aliphatic heterocycles. The predicted octanol–water partition coefficient (Wildman–Crippen LogP) is 0.0911. The summed E-state index contributed by atoms with van der Waals surface area (Å²) in [5.41, 5.74) is 6.25. The number of nitrogen functional groups attached to an aromatic ring is 1. The number of H-pyrrole nitrogens is 1. The Hall–Kier alpha value is -2.01. The summed E-state index contributed by atoms with van der Waals surface area (Å²) < 4.78 is 21.8. The van der Waals surface area contributed by atoms with Crippen molar-refractivity contribution >= 4 is 17.1 Å². The molecule has 0 spiro atoms. The minimum Gasteiger partial charge on any atom is -0.394 e. The van der Waals surface area contributed by atoms with E-state index in [2.05, 4.69) is 9.97 Å². The molecule has 156 valence electrons.